The van der Waals surface area contributed by atoms with Crippen molar-refractivity contribution in [3.05, 3.63) is 42.3 Å². The van der Waals surface area contributed by atoms with Gasteiger partial charge in [0.15, 0.2) is 0 Å². The predicted octanol–water partition coefficient (Wildman–Crippen LogP) is -2.76. The molecule has 0 spiro atoms. The standard InChI is InChI=1S/C8H7O2.K/c1-6-2-4-7(5-3-6)8(9)10;/h2-5H,1H2,(H,9,10);/q;+1/p-1. The third-order valence-electron chi connectivity index (χ3n) is 1.19. The number of carboxylic acid groups (broad SMARTS) is 1. The van der Waals surface area contributed by atoms with Crippen LogP contribution < -0.4 is 56.5 Å². The summed E-state index contributed by atoms with van der Waals surface area (Å²) < 4.78 is 0. The Morgan fingerprint density at radius 2 is 1.73 bits per heavy atom. The monoisotopic (exact) mass is 173 g/mol. The molecule has 0 amide bonds. The molecule has 0 aliphatic rings. The van der Waals surface area contributed by atoms with Crippen LogP contribution in [0.4, 0.5) is 0 Å². The summed E-state index contributed by atoms with van der Waals surface area (Å²) in [6, 6.07) is 6.20. The summed E-state index contributed by atoms with van der Waals surface area (Å²) in [4.78, 5) is 10.2. The van der Waals surface area contributed by atoms with Gasteiger partial charge in [-0.25, -0.2) is 0 Å². The maximum Gasteiger partial charge on any atom is 1.00 e. The zero-order valence-electron chi connectivity index (χ0n) is 6.33. The molecule has 11 heavy (non-hydrogen) atoms. The van der Waals surface area contributed by atoms with E-state index >= 15 is 0 Å². The molecule has 1 rings (SSSR count). The Balaban J connectivity index is 0.000001000. The molecule has 0 bridgehead atoms. The van der Waals surface area contributed by atoms with Crippen molar-refractivity contribution in [1.82, 2.24) is 0 Å². The first kappa shape index (κ1) is 11.3. The smallest absolute Gasteiger partial charge is 0.545 e. The van der Waals surface area contributed by atoms with Crippen molar-refractivity contribution in [2.24, 2.45) is 0 Å². The van der Waals surface area contributed by atoms with Crippen LogP contribution >= 0.6 is 0 Å². The molecule has 0 atom stereocenters. The first-order chi connectivity index (χ1) is 4.70. The predicted molar refractivity (Wildman–Crippen MR) is 35.2 cm³/mol. The van der Waals surface area contributed by atoms with E-state index < -0.39 is 5.97 Å². The summed E-state index contributed by atoms with van der Waals surface area (Å²) in [7, 11) is 0. The minimum atomic E-state index is -1.15. The number of carbonyl (C=O) groups is 1. The summed E-state index contributed by atoms with van der Waals surface area (Å²) in [6.07, 6.45) is 0. The van der Waals surface area contributed by atoms with Gasteiger partial charge in [0.05, 0.1) is 5.97 Å². The number of rotatable bonds is 1. The Kier molecular flexibility index (Phi) is 5.21. The van der Waals surface area contributed by atoms with Crippen molar-refractivity contribution in [2.45, 2.75) is 0 Å². The van der Waals surface area contributed by atoms with Crippen LogP contribution in [0.25, 0.3) is 0 Å². The fraction of sp³-hybridized carbons (Fsp3) is 0. The van der Waals surface area contributed by atoms with E-state index in [2.05, 4.69) is 6.92 Å². The topological polar surface area (TPSA) is 40.1 Å². The number of hydrogen-bond acceptors (Lipinski definition) is 2. The van der Waals surface area contributed by atoms with Gasteiger partial charge < -0.3 is 9.90 Å². The van der Waals surface area contributed by atoms with Crippen LogP contribution in [0.1, 0.15) is 15.9 Å². The molecule has 1 radical (unpaired) electrons. The van der Waals surface area contributed by atoms with E-state index in [4.69, 9.17) is 0 Å². The van der Waals surface area contributed by atoms with E-state index in [1.54, 1.807) is 12.1 Å². The van der Waals surface area contributed by atoms with Gasteiger partial charge in [-0.3, -0.25) is 0 Å². The molecule has 0 N–H and O–H groups in total. The molecule has 3 heteroatoms. The second kappa shape index (κ2) is 5.06. The van der Waals surface area contributed by atoms with Crippen LogP contribution in [0.3, 0.4) is 0 Å². The molecule has 0 saturated heterocycles. The van der Waals surface area contributed by atoms with Crippen LogP contribution in [0, 0.1) is 6.92 Å². The summed E-state index contributed by atoms with van der Waals surface area (Å²) in [5, 5.41) is 10.2. The third-order valence-corrected chi connectivity index (χ3v) is 1.19. The van der Waals surface area contributed by atoms with Crippen molar-refractivity contribution >= 4 is 5.97 Å². The van der Waals surface area contributed by atoms with E-state index in [1.165, 1.54) is 12.1 Å². The second-order valence-electron chi connectivity index (χ2n) is 1.98. The number of aromatic carboxylic acids is 1. The SMILES string of the molecule is [CH2]c1ccc(C(=O)[O-])cc1.[K+]. The van der Waals surface area contributed by atoms with Gasteiger partial charge in [0.1, 0.15) is 0 Å². The Hall–Kier alpha value is 0.326. The van der Waals surface area contributed by atoms with Gasteiger partial charge in [-0.2, -0.15) is 0 Å². The largest absolute Gasteiger partial charge is 1.00 e. The Bertz CT molecular complexity index is 241. The van der Waals surface area contributed by atoms with Crippen molar-refractivity contribution < 1.29 is 61.3 Å². The maximum atomic E-state index is 10.2. The minimum Gasteiger partial charge on any atom is -0.545 e. The van der Waals surface area contributed by atoms with Crippen molar-refractivity contribution in [2.75, 3.05) is 0 Å². The summed E-state index contributed by atoms with van der Waals surface area (Å²) in [5.41, 5.74) is 0.984. The summed E-state index contributed by atoms with van der Waals surface area (Å²) in [6.45, 7) is 3.61. The molecule has 1 aromatic carbocycles. The molecular weight excluding hydrogens is 167 g/mol. The molecule has 0 heterocycles. The van der Waals surface area contributed by atoms with E-state index in [-0.39, 0.29) is 56.9 Å². The normalized spacial score (nSPS) is 8.45. The van der Waals surface area contributed by atoms with Gasteiger partial charge in [0.2, 0.25) is 0 Å². The van der Waals surface area contributed by atoms with Gasteiger partial charge in [-0.15, -0.1) is 0 Å². The molecule has 0 aliphatic carbocycles. The molecule has 0 aliphatic heterocycles. The Morgan fingerprint density at radius 1 is 1.27 bits per heavy atom. The van der Waals surface area contributed by atoms with Crippen LogP contribution in [-0.4, -0.2) is 5.97 Å². The van der Waals surface area contributed by atoms with E-state index in [1.807, 2.05) is 0 Å². The number of benzene rings is 1. The molecule has 51 valence electrons. The number of carbonyl (C=O) groups excluding carboxylic acids is 1. The number of carboxylic acids is 1. The zero-order valence-corrected chi connectivity index (χ0v) is 9.46. The van der Waals surface area contributed by atoms with Gasteiger partial charge in [-0.1, -0.05) is 24.3 Å². The minimum absolute atomic E-state index is 0. The van der Waals surface area contributed by atoms with E-state index in [0.29, 0.717) is 0 Å². The number of hydrogen-bond donors (Lipinski definition) is 0. The summed E-state index contributed by atoms with van der Waals surface area (Å²) >= 11 is 0. The first-order valence-electron chi connectivity index (χ1n) is 2.83. The fourth-order valence-corrected chi connectivity index (χ4v) is 0.641. The molecule has 2 nitrogen and oxygen atoms in total. The molecule has 0 fully saturated rings. The quantitative estimate of drug-likeness (QED) is 0.432. The summed E-state index contributed by atoms with van der Waals surface area (Å²) in [5.74, 6) is -1.15. The zero-order chi connectivity index (χ0) is 7.56. The molecule has 0 saturated carbocycles. The Morgan fingerprint density at radius 3 is 2.09 bits per heavy atom. The van der Waals surface area contributed by atoms with E-state index in [0.717, 1.165) is 5.56 Å². The van der Waals surface area contributed by atoms with Gasteiger partial charge >= 0.3 is 51.4 Å². The average molecular weight is 173 g/mol. The van der Waals surface area contributed by atoms with Gasteiger partial charge in [0, 0.05) is 0 Å². The second-order valence-corrected chi connectivity index (χ2v) is 1.98. The average Bonchev–Trinajstić information content (AvgIpc) is 1.88. The van der Waals surface area contributed by atoms with Crippen LogP contribution in [0.2, 0.25) is 0 Å². The van der Waals surface area contributed by atoms with Gasteiger partial charge in [-0.05, 0) is 18.1 Å². The van der Waals surface area contributed by atoms with Crippen LogP contribution in [0.15, 0.2) is 24.3 Å². The molecule has 1 aromatic rings. The van der Waals surface area contributed by atoms with Crippen molar-refractivity contribution in [3.8, 4) is 0 Å². The third kappa shape index (κ3) is 3.49. The van der Waals surface area contributed by atoms with Crippen LogP contribution in [0.5, 0.6) is 0 Å². The fourth-order valence-electron chi connectivity index (χ4n) is 0.641. The molecule has 0 unspecified atom stereocenters. The molecule has 0 aromatic heterocycles. The molecular formula is C8H6KO2. The van der Waals surface area contributed by atoms with E-state index in [9.17, 15) is 9.90 Å². The Labute approximate surface area is 108 Å². The van der Waals surface area contributed by atoms with Crippen molar-refractivity contribution in [1.29, 1.82) is 0 Å². The first-order valence-corrected chi connectivity index (χ1v) is 2.83. The van der Waals surface area contributed by atoms with Crippen LogP contribution in [-0.2, 0) is 0 Å². The van der Waals surface area contributed by atoms with Crippen molar-refractivity contribution in [3.63, 3.8) is 0 Å². The van der Waals surface area contributed by atoms with Gasteiger partial charge in [0.25, 0.3) is 0 Å². The maximum absolute atomic E-state index is 10.2.